The molecular formula is C21H12ClF4N2O. The molecule has 1 radical (unpaired) electrons. The molecule has 0 bridgehead atoms. The van der Waals surface area contributed by atoms with Gasteiger partial charge in [0.25, 0.3) is 0 Å². The summed E-state index contributed by atoms with van der Waals surface area (Å²) in [4.78, 5) is 11.9. The van der Waals surface area contributed by atoms with E-state index in [0.29, 0.717) is 32.9 Å². The molecule has 4 aromatic rings. The topological polar surface area (TPSA) is 48.0 Å². The summed E-state index contributed by atoms with van der Waals surface area (Å²) in [6.07, 6.45) is -4.68. The van der Waals surface area contributed by atoms with E-state index in [-0.39, 0.29) is 17.7 Å². The standard InChI is InChI=1S/C21H12ClF4N2O/c22-16-5-1-3-14-18-15(20(27)29)4-2-6-17(18)28(19(14)16)10-11-7-12(21(24,25)26)9-13(23)8-11/h1-2,4-9H,10H2,(H2,27,29). The second-order valence-corrected chi connectivity index (χ2v) is 6.95. The Labute approximate surface area is 167 Å². The molecule has 0 unspecified atom stereocenters. The number of alkyl halides is 3. The molecule has 0 saturated carbocycles. The number of primary amides is 1. The molecule has 1 aromatic heterocycles. The van der Waals surface area contributed by atoms with Crippen molar-refractivity contribution in [3.63, 3.8) is 0 Å². The van der Waals surface area contributed by atoms with E-state index in [1.54, 1.807) is 34.9 Å². The zero-order valence-electron chi connectivity index (χ0n) is 14.6. The molecule has 0 saturated heterocycles. The normalized spacial score (nSPS) is 12.0. The zero-order valence-corrected chi connectivity index (χ0v) is 15.4. The van der Waals surface area contributed by atoms with Crippen LogP contribution >= 0.6 is 11.6 Å². The fourth-order valence-electron chi connectivity index (χ4n) is 3.53. The molecule has 2 N–H and O–H groups in total. The number of aromatic nitrogens is 1. The molecule has 147 valence electrons. The van der Waals surface area contributed by atoms with Gasteiger partial charge in [-0.2, -0.15) is 13.2 Å². The first-order valence-corrected chi connectivity index (χ1v) is 8.82. The number of fused-ring (bicyclic) bond motifs is 3. The van der Waals surface area contributed by atoms with E-state index in [4.69, 9.17) is 17.3 Å². The van der Waals surface area contributed by atoms with Crippen LogP contribution in [0.2, 0.25) is 5.02 Å². The highest BCUT2D eigenvalue weighted by Crippen LogP contribution is 2.36. The minimum Gasteiger partial charge on any atom is -0.366 e. The molecule has 0 fully saturated rings. The third kappa shape index (κ3) is 3.31. The van der Waals surface area contributed by atoms with E-state index in [1.807, 2.05) is 0 Å². The molecule has 8 heteroatoms. The van der Waals surface area contributed by atoms with Crippen LogP contribution in [0.25, 0.3) is 21.8 Å². The summed E-state index contributed by atoms with van der Waals surface area (Å²) in [5, 5.41) is 1.32. The van der Waals surface area contributed by atoms with Crippen LogP contribution < -0.4 is 5.73 Å². The summed E-state index contributed by atoms with van der Waals surface area (Å²) >= 11 is 6.36. The Morgan fingerprint density at radius 3 is 2.62 bits per heavy atom. The Hall–Kier alpha value is -3.06. The first-order chi connectivity index (χ1) is 13.7. The lowest BCUT2D eigenvalue weighted by Crippen LogP contribution is -2.11. The Kier molecular flexibility index (Phi) is 4.50. The quantitative estimate of drug-likeness (QED) is 0.435. The van der Waals surface area contributed by atoms with Gasteiger partial charge in [0, 0.05) is 22.9 Å². The number of hydrogen-bond donors (Lipinski definition) is 1. The molecule has 29 heavy (non-hydrogen) atoms. The summed E-state index contributed by atoms with van der Waals surface area (Å²) in [5.74, 6) is -1.65. The van der Waals surface area contributed by atoms with E-state index in [9.17, 15) is 22.4 Å². The van der Waals surface area contributed by atoms with E-state index < -0.39 is 23.5 Å². The molecule has 4 rings (SSSR count). The number of rotatable bonds is 3. The molecular weight excluding hydrogens is 408 g/mol. The first kappa shape index (κ1) is 19.3. The molecule has 3 aromatic carbocycles. The molecule has 0 aliphatic carbocycles. The van der Waals surface area contributed by atoms with Crippen molar-refractivity contribution in [3.05, 3.63) is 82.1 Å². The third-order valence-corrected chi connectivity index (χ3v) is 4.97. The number of carbonyl (C=O) groups excluding carboxylic acids is 1. The average molecular weight is 420 g/mol. The lowest BCUT2D eigenvalue weighted by molar-refractivity contribution is -0.137. The largest absolute Gasteiger partial charge is 0.416 e. The molecule has 0 aliphatic heterocycles. The number of amides is 1. The predicted molar refractivity (Wildman–Crippen MR) is 102 cm³/mol. The van der Waals surface area contributed by atoms with Crippen molar-refractivity contribution in [2.75, 3.05) is 0 Å². The van der Waals surface area contributed by atoms with Gasteiger partial charge in [0.05, 0.1) is 21.6 Å². The van der Waals surface area contributed by atoms with Crippen LogP contribution in [-0.4, -0.2) is 10.5 Å². The Bertz CT molecular complexity index is 1280. The van der Waals surface area contributed by atoms with Crippen molar-refractivity contribution in [2.45, 2.75) is 12.7 Å². The second-order valence-electron chi connectivity index (χ2n) is 6.55. The van der Waals surface area contributed by atoms with E-state index in [2.05, 4.69) is 6.07 Å². The molecule has 0 aliphatic rings. The van der Waals surface area contributed by atoms with Crippen LogP contribution in [0.4, 0.5) is 17.6 Å². The maximum Gasteiger partial charge on any atom is 0.416 e. The van der Waals surface area contributed by atoms with Gasteiger partial charge in [-0.25, -0.2) is 4.39 Å². The lowest BCUT2D eigenvalue weighted by Gasteiger charge is -2.12. The van der Waals surface area contributed by atoms with Gasteiger partial charge in [-0.3, -0.25) is 4.79 Å². The summed E-state index contributed by atoms with van der Waals surface area (Å²) in [6.45, 7) is -0.0966. The van der Waals surface area contributed by atoms with Crippen molar-refractivity contribution in [1.29, 1.82) is 0 Å². The highest BCUT2D eigenvalue weighted by molar-refractivity contribution is 6.36. The first-order valence-electron chi connectivity index (χ1n) is 8.44. The SMILES string of the molecule is NC(=O)c1cccc2c1c1[c]ccc(Cl)c1n2Cc1cc(F)cc(C(F)(F)F)c1. The fourth-order valence-corrected chi connectivity index (χ4v) is 3.78. The molecule has 1 heterocycles. The Morgan fingerprint density at radius 1 is 1.17 bits per heavy atom. The fraction of sp³-hybridized carbons (Fsp3) is 0.0952. The third-order valence-electron chi connectivity index (χ3n) is 4.66. The van der Waals surface area contributed by atoms with Gasteiger partial charge in [-0.15, -0.1) is 0 Å². The Morgan fingerprint density at radius 2 is 1.93 bits per heavy atom. The number of halogens is 5. The van der Waals surface area contributed by atoms with Crippen molar-refractivity contribution < 1.29 is 22.4 Å². The molecule has 3 nitrogen and oxygen atoms in total. The van der Waals surface area contributed by atoms with Crippen LogP contribution in [0, 0.1) is 11.9 Å². The molecule has 1 amide bonds. The number of nitrogens with two attached hydrogens (primary N) is 1. The smallest absolute Gasteiger partial charge is 0.366 e. The van der Waals surface area contributed by atoms with Crippen LogP contribution in [0.1, 0.15) is 21.5 Å². The average Bonchev–Trinajstić information content (AvgIpc) is 2.96. The predicted octanol–water partition coefficient (Wildman–Crippen LogP) is 5.55. The maximum absolute atomic E-state index is 13.9. The summed E-state index contributed by atoms with van der Waals surface area (Å²) in [7, 11) is 0. The van der Waals surface area contributed by atoms with E-state index in [0.717, 1.165) is 12.1 Å². The zero-order chi connectivity index (χ0) is 20.9. The van der Waals surface area contributed by atoms with Crippen molar-refractivity contribution in [2.24, 2.45) is 5.73 Å². The molecule has 0 spiro atoms. The van der Waals surface area contributed by atoms with Gasteiger partial charge < -0.3 is 10.3 Å². The van der Waals surface area contributed by atoms with E-state index >= 15 is 0 Å². The number of carbonyl (C=O) groups is 1. The van der Waals surface area contributed by atoms with Crippen LogP contribution in [-0.2, 0) is 12.7 Å². The maximum atomic E-state index is 13.9. The number of nitrogens with zero attached hydrogens (tertiary/aromatic N) is 1. The molecule has 0 atom stereocenters. The van der Waals surface area contributed by atoms with Crippen molar-refractivity contribution >= 4 is 39.3 Å². The summed E-state index contributed by atoms with van der Waals surface area (Å²) < 4.78 is 54.8. The van der Waals surface area contributed by atoms with Gasteiger partial charge in [0.2, 0.25) is 5.91 Å². The lowest BCUT2D eigenvalue weighted by atomic mass is 10.1. The van der Waals surface area contributed by atoms with Gasteiger partial charge in [0.15, 0.2) is 0 Å². The van der Waals surface area contributed by atoms with Gasteiger partial charge in [-0.1, -0.05) is 23.7 Å². The highest BCUT2D eigenvalue weighted by Gasteiger charge is 2.31. The van der Waals surface area contributed by atoms with Crippen molar-refractivity contribution in [3.8, 4) is 0 Å². The van der Waals surface area contributed by atoms with Gasteiger partial charge >= 0.3 is 6.18 Å². The van der Waals surface area contributed by atoms with Gasteiger partial charge in [-0.05, 0) is 48.0 Å². The number of hydrogen-bond acceptors (Lipinski definition) is 1. The minimum absolute atomic E-state index is 0.0966. The summed E-state index contributed by atoms with van der Waals surface area (Å²) in [5.41, 5.74) is 5.74. The van der Waals surface area contributed by atoms with Crippen molar-refractivity contribution in [1.82, 2.24) is 4.57 Å². The van der Waals surface area contributed by atoms with Gasteiger partial charge in [0.1, 0.15) is 5.82 Å². The summed E-state index contributed by atoms with van der Waals surface area (Å²) in [6, 6.07) is 13.4. The Balaban J connectivity index is 2.01. The minimum atomic E-state index is -4.68. The number of benzene rings is 3. The highest BCUT2D eigenvalue weighted by atomic mass is 35.5. The van der Waals surface area contributed by atoms with E-state index in [1.165, 1.54) is 0 Å². The van der Waals surface area contributed by atoms with Crippen LogP contribution in [0.3, 0.4) is 0 Å². The monoisotopic (exact) mass is 419 g/mol. The van der Waals surface area contributed by atoms with Crippen LogP contribution in [0.15, 0.2) is 48.5 Å². The van der Waals surface area contributed by atoms with Crippen LogP contribution in [0.5, 0.6) is 0 Å². The second kappa shape index (κ2) is 6.77.